The van der Waals surface area contributed by atoms with Gasteiger partial charge in [0.15, 0.2) is 0 Å². The van der Waals surface area contributed by atoms with Crippen molar-refractivity contribution < 1.29 is 28.6 Å². The molecular formula is C10H14NO6P. The van der Waals surface area contributed by atoms with Gasteiger partial charge in [-0.25, -0.2) is 9.65 Å². The van der Waals surface area contributed by atoms with Crippen LogP contribution in [0, 0.1) is 0 Å². The van der Waals surface area contributed by atoms with Crippen molar-refractivity contribution in [3.05, 3.63) is 29.8 Å². The molecule has 7 nitrogen and oxygen atoms in total. The highest BCUT2D eigenvalue weighted by molar-refractivity contribution is 7.49. The first kappa shape index (κ1) is 14.7. The molecular weight excluding hydrogens is 261 g/mol. The number of ether oxygens (including phenoxy) is 2. The number of benzene rings is 1. The lowest BCUT2D eigenvalue weighted by atomic mass is 10.2. The van der Waals surface area contributed by atoms with Gasteiger partial charge in [0.1, 0.15) is 18.9 Å². The molecule has 0 aliphatic carbocycles. The molecule has 0 radical (unpaired) electrons. The lowest BCUT2D eigenvalue weighted by Crippen LogP contribution is -2.22. The van der Waals surface area contributed by atoms with Crippen LogP contribution in [-0.4, -0.2) is 29.4 Å². The van der Waals surface area contributed by atoms with Gasteiger partial charge in [0.05, 0.1) is 7.11 Å². The zero-order valence-corrected chi connectivity index (χ0v) is 10.6. The van der Waals surface area contributed by atoms with Crippen molar-refractivity contribution in [2.24, 2.45) is 0 Å². The minimum atomic E-state index is -4.39. The second-order valence-electron chi connectivity index (χ2n) is 3.39. The summed E-state index contributed by atoms with van der Waals surface area (Å²) in [5.41, 5.74) is 0.750. The topological polar surface area (TPSA) is 105 Å². The van der Waals surface area contributed by atoms with Crippen LogP contribution in [0.1, 0.15) is 5.56 Å². The van der Waals surface area contributed by atoms with Gasteiger partial charge in [-0.3, -0.25) is 4.79 Å². The summed E-state index contributed by atoms with van der Waals surface area (Å²) in [6, 6.07) is 6.89. The molecule has 8 heteroatoms. The summed E-state index contributed by atoms with van der Waals surface area (Å²) in [5, 5.41) is 1.75. The van der Waals surface area contributed by atoms with E-state index in [0.717, 1.165) is 5.56 Å². The van der Waals surface area contributed by atoms with Gasteiger partial charge in [0.25, 0.3) is 0 Å². The molecule has 0 amide bonds. The minimum absolute atomic E-state index is 0.0334. The summed E-state index contributed by atoms with van der Waals surface area (Å²) in [7, 11) is -2.85. The van der Waals surface area contributed by atoms with E-state index in [1.54, 1.807) is 36.5 Å². The van der Waals surface area contributed by atoms with Crippen LogP contribution in [0.2, 0.25) is 0 Å². The Balaban J connectivity index is 2.35. The fourth-order valence-electron chi connectivity index (χ4n) is 1.10. The summed E-state index contributed by atoms with van der Waals surface area (Å²) in [6.45, 7) is -0.508. The predicted molar refractivity (Wildman–Crippen MR) is 62.8 cm³/mol. The van der Waals surface area contributed by atoms with Crippen molar-refractivity contribution in [2.75, 3.05) is 13.7 Å². The van der Waals surface area contributed by atoms with E-state index in [0.29, 0.717) is 5.75 Å². The van der Waals surface area contributed by atoms with Crippen LogP contribution in [0.15, 0.2) is 24.3 Å². The first-order valence-electron chi connectivity index (χ1n) is 5.00. The summed E-state index contributed by atoms with van der Waals surface area (Å²) in [5.74, 6) is -0.0533. The second kappa shape index (κ2) is 6.51. The third kappa shape index (κ3) is 5.79. The maximum absolute atomic E-state index is 11.1. The number of hydrogen-bond donors (Lipinski definition) is 3. The highest BCUT2D eigenvalue weighted by Crippen LogP contribution is 2.27. The average molecular weight is 275 g/mol. The summed E-state index contributed by atoms with van der Waals surface area (Å²) in [4.78, 5) is 28.1. The molecule has 0 bridgehead atoms. The highest BCUT2D eigenvalue weighted by Gasteiger charge is 2.14. The van der Waals surface area contributed by atoms with Crippen molar-refractivity contribution in [1.82, 2.24) is 5.09 Å². The molecule has 0 fully saturated rings. The van der Waals surface area contributed by atoms with Crippen LogP contribution in [0.25, 0.3) is 0 Å². The van der Waals surface area contributed by atoms with Crippen molar-refractivity contribution in [3.8, 4) is 5.75 Å². The van der Waals surface area contributed by atoms with E-state index in [4.69, 9.17) is 19.3 Å². The zero-order valence-electron chi connectivity index (χ0n) is 9.70. The monoisotopic (exact) mass is 275 g/mol. The number of carbonyl (C=O) groups excluding carboxylic acids is 1. The molecule has 1 aromatic rings. The number of methoxy groups -OCH3 is 1. The van der Waals surface area contributed by atoms with Gasteiger partial charge in [-0.15, -0.1) is 0 Å². The van der Waals surface area contributed by atoms with Gasteiger partial charge in [0, 0.05) is 0 Å². The Kier molecular flexibility index (Phi) is 5.30. The largest absolute Gasteiger partial charge is 0.497 e. The van der Waals surface area contributed by atoms with Crippen LogP contribution in [0.4, 0.5) is 0 Å². The fourth-order valence-corrected chi connectivity index (χ4v) is 1.44. The lowest BCUT2D eigenvalue weighted by molar-refractivity contribution is -0.143. The third-order valence-corrected chi connectivity index (χ3v) is 2.56. The van der Waals surface area contributed by atoms with Crippen molar-refractivity contribution >= 4 is 13.7 Å². The highest BCUT2D eigenvalue weighted by atomic mass is 31.2. The first-order chi connectivity index (χ1) is 8.40. The van der Waals surface area contributed by atoms with Crippen molar-refractivity contribution in [3.63, 3.8) is 0 Å². The average Bonchev–Trinajstić information content (AvgIpc) is 2.33. The standard InChI is InChI=1S/C10H14NO6P/c1-16-9-4-2-8(3-5-9)7-17-10(12)6-11-18(13,14)15/h2-5H,6-7H2,1H3,(H3,11,13,14,15). The Labute approximate surface area is 104 Å². The number of rotatable bonds is 6. The molecule has 0 aliphatic heterocycles. The Bertz CT molecular complexity index is 440. The van der Waals surface area contributed by atoms with Crippen LogP contribution < -0.4 is 9.82 Å². The second-order valence-corrected chi connectivity index (χ2v) is 4.79. The van der Waals surface area contributed by atoms with Crippen molar-refractivity contribution in [2.45, 2.75) is 6.61 Å². The zero-order chi connectivity index (χ0) is 13.6. The van der Waals surface area contributed by atoms with Gasteiger partial charge in [-0.2, -0.15) is 0 Å². The third-order valence-electron chi connectivity index (χ3n) is 1.99. The van der Waals surface area contributed by atoms with Crippen molar-refractivity contribution in [1.29, 1.82) is 0 Å². The minimum Gasteiger partial charge on any atom is -0.497 e. The molecule has 1 rings (SSSR count). The van der Waals surface area contributed by atoms with Gasteiger partial charge in [-0.05, 0) is 17.7 Å². The molecule has 0 heterocycles. The maximum Gasteiger partial charge on any atom is 0.400 e. The maximum atomic E-state index is 11.1. The molecule has 0 saturated heterocycles. The van der Waals surface area contributed by atoms with Gasteiger partial charge in [0.2, 0.25) is 0 Å². The van der Waals surface area contributed by atoms with Crippen LogP contribution in [0.3, 0.4) is 0 Å². The number of hydrogen-bond acceptors (Lipinski definition) is 4. The van der Waals surface area contributed by atoms with E-state index in [-0.39, 0.29) is 6.61 Å². The van der Waals surface area contributed by atoms with E-state index in [9.17, 15) is 9.36 Å². The van der Waals surface area contributed by atoms with Gasteiger partial charge in [-0.1, -0.05) is 12.1 Å². The molecule has 0 saturated carbocycles. The summed E-state index contributed by atoms with van der Waals surface area (Å²) < 4.78 is 20.2. The Morgan fingerprint density at radius 2 is 1.94 bits per heavy atom. The van der Waals surface area contributed by atoms with Gasteiger partial charge < -0.3 is 19.3 Å². The van der Waals surface area contributed by atoms with E-state index >= 15 is 0 Å². The van der Waals surface area contributed by atoms with Crippen LogP contribution in [0.5, 0.6) is 5.75 Å². The van der Waals surface area contributed by atoms with Gasteiger partial charge >= 0.3 is 13.7 Å². The molecule has 1 aromatic carbocycles. The van der Waals surface area contributed by atoms with E-state index in [1.165, 1.54) is 0 Å². The molecule has 0 unspecified atom stereocenters. The first-order valence-corrected chi connectivity index (χ1v) is 6.61. The molecule has 3 N–H and O–H groups in total. The lowest BCUT2D eigenvalue weighted by Gasteiger charge is -2.07. The summed E-state index contributed by atoms with van der Waals surface area (Å²) >= 11 is 0. The van der Waals surface area contributed by atoms with Crippen LogP contribution >= 0.6 is 7.75 Å². The number of nitrogens with one attached hydrogen (secondary N) is 1. The molecule has 0 aromatic heterocycles. The molecule has 100 valence electrons. The SMILES string of the molecule is COc1ccc(COC(=O)CNP(=O)(O)O)cc1. The van der Waals surface area contributed by atoms with Crippen LogP contribution in [-0.2, 0) is 20.7 Å². The molecule has 0 atom stereocenters. The van der Waals surface area contributed by atoms with E-state index < -0.39 is 20.3 Å². The summed E-state index contributed by atoms with van der Waals surface area (Å²) in [6.07, 6.45) is 0. The number of carbonyl (C=O) groups is 1. The Morgan fingerprint density at radius 3 is 2.44 bits per heavy atom. The Hall–Kier alpha value is -1.40. The van der Waals surface area contributed by atoms with E-state index in [1.807, 2.05) is 0 Å². The number of esters is 1. The molecule has 0 aliphatic rings. The normalized spacial score (nSPS) is 11.1. The predicted octanol–water partition coefficient (Wildman–Crippen LogP) is 0.421. The smallest absolute Gasteiger partial charge is 0.400 e. The van der Waals surface area contributed by atoms with E-state index in [2.05, 4.69) is 0 Å². The molecule has 18 heavy (non-hydrogen) atoms. The molecule has 0 spiro atoms. The Morgan fingerprint density at radius 1 is 1.33 bits per heavy atom. The fraction of sp³-hybridized carbons (Fsp3) is 0.300. The quantitative estimate of drug-likeness (QED) is 0.510.